The predicted molar refractivity (Wildman–Crippen MR) is 128 cm³/mol. The van der Waals surface area contributed by atoms with Crippen molar-refractivity contribution in [3.8, 4) is 6.19 Å². The van der Waals surface area contributed by atoms with Crippen LogP contribution in [0.3, 0.4) is 0 Å². The maximum absolute atomic E-state index is 13.1. The number of guanidine groups is 1. The number of morpholine rings is 1. The Bertz CT molecular complexity index is 879. The number of hydrogen-bond donors (Lipinski definition) is 2. The lowest BCUT2D eigenvalue weighted by Gasteiger charge is -2.37. The van der Waals surface area contributed by atoms with Crippen molar-refractivity contribution in [2.24, 2.45) is 4.99 Å². The number of rotatable bonds is 12. The molecule has 1 aliphatic carbocycles. The Balaban J connectivity index is 1.44. The Labute approximate surface area is 197 Å². The zero-order chi connectivity index (χ0) is 23.4. The molecule has 33 heavy (non-hydrogen) atoms. The molecular formula is C22H35N7O3S. The number of nitriles is 1. The Kier molecular flexibility index (Phi) is 10.3. The minimum atomic E-state index is -3.29. The molecule has 0 amide bonds. The summed E-state index contributed by atoms with van der Waals surface area (Å²) in [6.45, 7) is 5.31. The normalized spacial score (nSPS) is 18.0. The predicted octanol–water partition coefficient (Wildman–Crippen LogP) is 1.61. The van der Waals surface area contributed by atoms with Crippen molar-refractivity contribution < 1.29 is 13.2 Å². The van der Waals surface area contributed by atoms with Crippen molar-refractivity contribution in [2.75, 3.05) is 57.0 Å². The smallest absolute Gasteiger partial charge is 0.214 e. The lowest BCUT2D eigenvalue weighted by molar-refractivity contribution is 0.0363. The summed E-state index contributed by atoms with van der Waals surface area (Å²) in [5, 5.41) is 14.5. The van der Waals surface area contributed by atoms with Crippen LogP contribution < -0.4 is 10.6 Å². The van der Waals surface area contributed by atoms with E-state index in [9.17, 15) is 8.42 Å². The van der Waals surface area contributed by atoms with Gasteiger partial charge >= 0.3 is 0 Å². The van der Waals surface area contributed by atoms with E-state index in [1.165, 1.54) is 0 Å². The average molecular weight is 478 g/mol. The average Bonchev–Trinajstić information content (AvgIpc) is 2.78. The third-order valence-electron chi connectivity index (χ3n) is 5.99. The molecule has 0 atom stereocenters. The first-order valence-corrected chi connectivity index (χ1v) is 13.4. The van der Waals surface area contributed by atoms with E-state index in [0.717, 1.165) is 64.2 Å². The van der Waals surface area contributed by atoms with Crippen molar-refractivity contribution in [3.05, 3.63) is 24.5 Å². The second kappa shape index (κ2) is 13.4. The number of sulfonamides is 1. The molecule has 1 saturated carbocycles. The van der Waals surface area contributed by atoms with Crippen LogP contribution in [0.25, 0.3) is 0 Å². The molecular weight excluding hydrogens is 442 g/mol. The summed E-state index contributed by atoms with van der Waals surface area (Å²) in [6.07, 6.45) is 10.2. The van der Waals surface area contributed by atoms with E-state index < -0.39 is 10.0 Å². The van der Waals surface area contributed by atoms with Gasteiger partial charge < -0.3 is 10.1 Å². The van der Waals surface area contributed by atoms with Crippen LogP contribution in [-0.2, 0) is 14.8 Å². The summed E-state index contributed by atoms with van der Waals surface area (Å²) < 4.78 is 33.3. The quantitative estimate of drug-likeness (QED) is 0.153. The third-order valence-corrected chi connectivity index (χ3v) is 7.99. The molecule has 11 heteroatoms. The summed E-state index contributed by atoms with van der Waals surface area (Å²) in [5.41, 5.74) is 0.766. The summed E-state index contributed by atoms with van der Waals surface area (Å²) in [7, 11) is -3.29. The van der Waals surface area contributed by atoms with Gasteiger partial charge in [-0.05, 0) is 50.8 Å². The van der Waals surface area contributed by atoms with Crippen molar-refractivity contribution in [2.45, 2.75) is 44.6 Å². The number of nitrogens with one attached hydrogen (secondary N) is 2. The van der Waals surface area contributed by atoms with Crippen molar-refractivity contribution in [3.63, 3.8) is 0 Å². The van der Waals surface area contributed by atoms with Gasteiger partial charge in [0.25, 0.3) is 0 Å². The zero-order valence-electron chi connectivity index (χ0n) is 19.2. The van der Waals surface area contributed by atoms with Crippen molar-refractivity contribution >= 4 is 21.7 Å². The van der Waals surface area contributed by atoms with E-state index >= 15 is 0 Å². The number of anilines is 1. The molecule has 2 fully saturated rings. The summed E-state index contributed by atoms with van der Waals surface area (Å²) in [4.78, 5) is 10.7. The minimum Gasteiger partial charge on any atom is -0.379 e. The Morgan fingerprint density at radius 1 is 1.24 bits per heavy atom. The van der Waals surface area contributed by atoms with E-state index in [4.69, 9.17) is 10.00 Å². The number of nitrogens with zero attached hydrogens (tertiary/aromatic N) is 5. The molecule has 0 unspecified atom stereocenters. The number of pyridine rings is 1. The van der Waals surface area contributed by atoms with Crippen LogP contribution >= 0.6 is 0 Å². The maximum atomic E-state index is 13.1. The Morgan fingerprint density at radius 2 is 2.00 bits per heavy atom. The molecule has 1 aromatic rings. The molecule has 1 aromatic heterocycles. The third kappa shape index (κ3) is 8.55. The van der Waals surface area contributed by atoms with Crippen LogP contribution in [0, 0.1) is 11.5 Å². The molecule has 1 aliphatic heterocycles. The van der Waals surface area contributed by atoms with E-state index in [0.29, 0.717) is 31.9 Å². The van der Waals surface area contributed by atoms with Crippen LogP contribution in [0.2, 0.25) is 0 Å². The fraction of sp³-hybridized carbons (Fsp3) is 0.682. The molecule has 2 aliphatic rings. The number of aliphatic imine (C=N–C) groups is 1. The van der Waals surface area contributed by atoms with Gasteiger partial charge in [-0.25, -0.2) is 8.42 Å². The summed E-state index contributed by atoms with van der Waals surface area (Å²) >= 11 is 0. The molecule has 10 nitrogen and oxygen atoms in total. The molecule has 182 valence electrons. The molecule has 3 rings (SSSR count). The van der Waals surface area contributed by atoms with Crippen molar-refractivity contribution in [1.82, 2.24) is 19.5 Å². The van der Waals surface area contributed by atoms with E-state index in [2.05, 4.69) is 25.5 Å². The fourth-order valence-electron chi connectivity index (χ4n) is 3.94. The maximum Gasteiger partial charge on any atom is 0.214 e. The van der Waals surface area contributed by atoms with Gasteiger partial charge in [-0.1, -0.05) is 6.42 Å². The summed E-state index contributed by atoms with van der Waals surface area (Å²) in [6, 6.07) is 3.71. The number of aromatic nitrogens is 1. The molecule has 2 N–H and O–H groups in total. The van der Waals surface area contributed by atoms with Gasteiger partial charge in [-0.2, -0.15) is 9.57 Å². The van der Waals surface area contributed by atoms with E-state index in [-0.39, 0.29) is 11.8 Å². The monoisotopic (exact) mass is 477 g/mol. The van der Waals surface area contributed by atoms with Gasteiger partial charge in [-0.15, -0.1) is 0 Å². The number of ether oxygens (including phenoxy) is 1. The van der Waals surface area contributed by atoms with Crippen LogP contribution in [0.5, 0.6) is 0 Å². The lowest BCUT2D eigenvalue weighted by Crippen LogP contribution is -2.46. The topological polar surface area (TPSA) is 123 Å². The highest BCUT2D eigenvalue weighted by Gasteiger charge is 2.33. The molecule has 2 heterocycles. The van der Waals surface area contributed by atoms with Crippen LogP contribution in [0.1, 0.15) is 38.5 Å². The van der Waals surface area contributed by atoms with E-state index in [1.807, 2.05) is 6.19 Å². The summed E-state index contributed by atoms with van der Waals surface area (Å²) in [5.74, 6) is 0.473. The van der Waals surface area contributed by atoms with E-state index in [1.54, 1.807) is 28.8 Å². The highest BCUT2D eigenvalue weighted by molar-refractivity contribution is 7.89. The van der Waals surface area contributed by atoms with Crippen LogP contribution in [0.4, 0.5) is 5.69 Å². The first kappa shape index (κ1) is 25.4. The standard InChI is InChI=1S/C22H35N7O3S/c23-19-26-22(27-20-7-10-24-11-8-20)25-9-1-2-18-33(30,31)29(21-5-3-6-21)13-4-12-28-14-16-32-17-15-28/h7-8,10-11,21H,1-6,9,12-18H2,(H2,24,25,26,27). The largest absolute Gasteiger partial charge is 0.379 e. The SMILES string of the molecule is N#CNC(=NCCCCS(=O)(=O)N(CCCN1CCOCC1)C1CCC1)Nc1ccncc1. The Morgan fingerprint density at radius 3 is 2.67 bits per heavy atom. The van der Waals surface area contributed by atoms with Gasteiger partial charge in [0.2, 0.25) is 16.0 Å². The van der Waals surface area contributed by atoms with Gasteiger partial charge in [0.1, 0.15) is 0 Å². The molecule has 0 spiro atoms. The fourth-order valence-corrected chi connectivity index (χ4v) is 5.81. The zero-order valence-corrected chi connectivity index (χ0v) is 20.0. The highest BCUT2D eigenvalue weighted by Crippen LogP contribution is 2.28. The minimum absolute atomic E-state index is 0.134. The highest BCUT2D eigenvalue weighted by atomic mass is 32.2. The lowest BCUT2D eigenvalue weighted by atomic mass is 9.93. The van der Waals surface area contributed by atoms with Gasteiger partial charge in [0.15, 0.2) is 6.19 Å². The first-order chi connectivity index (χ1) is 16.1. The van der Waals surface area contributed by atoms with Gasteiger partial charge in [-0.3, -0.25) is 20.2 Å². The Hall–Kier alpha value is -2.26. The number of unbranched alkanes of at least 4 members (excludes halogenated alkanes) is 1. The molecule has 0 bridgehead atoms. The van der Waals surface area contributed by atoms with Gasteiger partial charge in [0.05, 0.1) is 19.0 Å². The number of hydrogen-bond acceptors (Lipinski definition) is 7. The van der Waals surface area contributed by atoms with Gasteiger partial charge in [0, 0.05) is 50.3 Å². The second-order valence-corrected chi connectivity index (χ2v) is 10.4. The first-order valence-electron chi connectivity index (χ1n) is 11.7. The van der Waals surface area contributed by atoms with Crippen molar-refractivity contribution in [1.29, 1.82) is 5.26 Å². The van der Waals surface area contributed by atoms with Crippen LogP contribution in [-0.4, -0.2) is 86.3 Å². The molecule has 1 saturated heterocycles. The molecule has 0 aromatic carbocycles. The molecule has 0 radical (unpaired) electrons. The van der Waals surface area contributed by atoms with Crippen LogP contribution in [0.15, 0.2) is 29.5 Å². The second-order valence-electron chi connectivity index (χ2n) is 8.35.